The predicted molar refractivity (Wildman–Crippen MR) is 115 cm³/mol. The van der Waals surface area contributed by atoms with E-state index in [0.717, 1.165) is 6.54 Å². The zero-order chi connectivity index (χ0) is 18.6. The van der Waals surface area contributed by atoms with Gasteiger partial charge in [0.1, 0.15) is 0 Å². The predicted octanol–water partition coefficient (Wildman–Crippen LogP) is 4.26. The Morgan fingerprint density at radius 1 is 1.04 bits per heavy atom. The van der Waals surface area contributed by atoms with E-state index in [0.29, 0.717) is 0 Å². The Morgan fingerprint density at radius 2 is 1.62 bits per heavy atom. The molecule has 26 heavy (non-hydrogen) atoms. The van der Waals surface area contributed by atoms with Gasteiger partial charge in [-0.3, -0.25) is 0 Å². The molecule has 5 heteroatoms. The number of rotatable bonds is 6. The molecule has 0 spiro atoms. The summed E-state index contributed by atoms with van der Waals surface area (Å²) < 4.78 is 1.93. The number of allylic oxidation sites excluding steroid dienone is 2. The van der Waals surface area contributed by atoms with E-state index in [1.165, 1.54) is 16.5 Å². The van der Waals surface area contributed by atoms with Crippen LogP contribution in [-0.2, 0) is 6.54 Å². The molecule has 3 rings (SSSR count). The summed E-state index contributed by atoms with van der Waals surface area (Å²) in [6.45, 7) is 4.76. The van der Waals surface area contributed by atoms with Crippen LogP contribution in [0.25, 0.3) is 0 Å². The van der Waals surface area contributed by atoms with Gasteiger partial charge < -0.3 is 4.57 Å². The van der Waals surface area contributed by atoms with E-state index in [1.807, 2.05) is 53.2 Å². The van der Waals surface area contributed by atoms with Gasteiger partial charge in [-0.1, -0.05) is 95.3 Å². The smallest absolute Gasteiger partial charge is 0.232 e. The van der Waals surface area contributed by atoms with Gasteiger partial charge in [-0.15, -0.1) is 18.2 Å². The monoisotopic (exact) mass is 382 g/mol. The van der Waals surface area contributed by atoms with Crippen LogP contribution in [0.3, 0.4) is 0 Å². The summed E-state index contributed by atoms with van der Waals surface area (Å²) in [5.74, 6) is 0. The number of hydrogen-bond donors (Lipinski definition) is 0. The van der Waals surface area contributed by atoms with E-state index in [4.69, 9.17) is 23.2 Å². The van der Waals surface area contributed by atoms with Crippen LogP contribution >= 0.6 is 23.2 Å². The molecule has 0 radical (unpaired) electrons. The Bertz CT molecular complexity index is 735. The highest BCUT2D eigenvalue weighted by Crippen LogP contribution is 2.05. The van der Waals surface area contributed by atoms with Gasteiger partial charge in [-0.2, -0.15) is 0 Å². The van der Waals surface area contributed by atoms with Crippen LogP contribution in [0.1, 0.15) is 0 Å². The summed E-state index contributed by atoms with van der Waals surface area (Å²) in [7, 11) is 0. The number of alkyl halides is 1. The topological polar surface area (TPSA) is 17.8 Å². The summed E-state index contributed by atoms with van der Waals surface area (Å²) in [5, 5.41) is -0.0974. The van der Waals surface area contributed by atoms with E-state index in [2.05, 4.69) is 35.8 Å². The van der Waals surface area contributed by atoms with Gasteiger partial charge >= 0.3 is 0 Å². The van der Waals surface area contributed by atoms with Crippen LogP contribution in [-0.4, -0.2) is 21.5 Å². The molecule has 2 nitrogen and oxygen atoms in total. The van der Waals surface area contributed by atoms with Crippen LogP contribution in [0.2, 0.25) is 0 Å². The lowest BCUT2D eigenvalue weighted by molar-refractivity contribution is 0.821. The summed E-state index contributed by atoms with van der Waals surface area (Å²) in [6, 6.07) is 20.6. The first-order valence-electron chi connectivity index (χ1n) is 8.33. The molecular weight excluding hydrogens is 362 g/mol. The van der Waals surface area contributed by atoms with Gasteiger partial charge in [-0.05, 0) is 0 Å². The number of nitrogens with zero attached hydrogens (tertiary/aromatic N) is 2. The molecule has 1 aromatic heterocycles. The van der Waals surface area contributed by atoms with Gasteiger partial charge in [0.15, 0.2) is 0 Å². The Labute approximate surface area is 165 Å². The fraction of sp³-hybridized carbons (Fsp3) is 0.0952. The van der Waals surface area contributed by atoms with Gasteiger partial charge in [-0.25, -0.2) is 4.98 Å². The molecule has 0 saturated heterocycles. The third-order valence-corrected chi connectivity index (χ3v) is 4.43. The highest BCUT2D eigenvalue weighted by Gasteiger charge is 2.25. The van der Waals surface area contributed by atoms with Crippen molar-refractivity contribution in [2.45, 2.75) is 11.8 Å². The quantitative estimate of drug-likeness (QED) is 0.353. The normalized spacial score (nSPS) is 11.5. The number of benzene rings is 2. The molecule has 0 aliphatic heterocycles. The molecule has 0 saturated carbocycles. The van der Waals surface area contributed by atoms with Gasteiger partial charge in [0, 0.05) is 29.8 Å². The zero-order valence-electron chi connectivity index (χ0n) is 14.5. The van der Waals surface area contributed by atoms with Crippen LogP contribution in [0.5, 0.6) is 0 Å². The van der Waals surface area contributed by atoms with Crippen molar-refractivity contribution in [1.82, 2.24) is 9.55 Å². The zero-order valence-corrected chi connectivity index (χ0v) is 16.0. The average molecular weight is 383 g/mol. The Kier molecular flexibility index (Phi) is 8.81. The van der Waals surface area contributed by atoms with Gasteiger partial charge in [0.05, 0.1) is 6.33 Å². The molecular formula is C21H21BCl2N2. The van der Waals surface area contributed by atoms with Crippen molar-refractivity contribution >= 4 is 40.8 Å². The highest BCUT2D eigenvalue weighted by molar-refractivity contribution is 6.91. The van der Waals surface area contributed by atoms with Crippen LogP contribution < -0.4 is 10.9 Å². The minimum Gasteiger partial charge on any atom is -0.334 e. The second kappa shape index (κ2) is 11.4. The molecule has 1 atom stereocenters. The second-order valence-electron chi connectivity index (χ2n) is 5.60. The first-order chi connectivity index (χ1) is 12.8. The first-order valence-corrected chi connectivity index (χ1v) is 9.21. The van der Waals surface area contributed by atoms with Crippen molar-refractivity contribution in [2.24, 2.45) is 0 Å². The fourth-order valence-corrected chi connectivity index (χ4v) is 2.94. The molecule has 0 aliphatic carbocycles. The lowest BCUT2D eigenvalue weighted by atomic mass is 9.38. The van der Waals surface area contributed by atoms with Crippen LogP contribution in [0, 0.1) is 0 Å². The second-order valence-corrected chi connectivity index (χ2v) is 6.36. The highest BCUT2D eigenvalue weighted by atomic mass is 35.5. The third-order valence-electron chi connectivity index (χ3n) is 3.83. The van der Waals surface area contributed by atoms with Crippen LogP contribution in [0.15, 0.2) is 104 Å². The van der Waals surface area contributed by atoms with Crippen molar-refractivity contribution < 1.29 is 0 Å². The number of hydrogen-bond acceptors (Lipinski definition) is 1. The van der Waals surface area contributed by atoms with Gasteiger partial charge in [0.25, 0.3) is 0 Å². The number of aromatic nitrogens is 2. The SMILES string of the molecule is C=CC(Cl)B(c1ccccc1)c1ccccc1.ClC=CCn1ccnc1. The van der Waals surface area contributed by atoms with E-state index in [-0.39, 0.29) is 12.0 Å². The summed E-state index contributed by atoms with van der Waals surface area (Å²) in [5.41, 5.74) is 3.94. The van der Waals surface area contributed by atoms with Crippen molar-refractivity contribution in [3.05, 3.63) is 104 Å². The molecule has 0 amide bonds. The molecule has 3 aromatic rings. The number of halogens is 2. The van der Waals surface area contributed by atoms with Crippen molar-refractivity contribution in [2.75, 3.05) is 0 Å². The Hall–Kier alpha value is -2.23. The molecule has 0 bridgehead atoms. The largest absolute Gasteiger partial charge is 0.334 e. The molecule has 2 aromatic carbocycles. The Morgan fingerprint density at radius 3 is 2.04 bits per heavy atom. The Balaban J connectivity index is 0.000000228. The number of imidazole rings is 1. The maximum atomic E-state index is 6.38. The molecule has 1 unspecified atom stereocenters. The molecule has 0 N–H and O–H groups in total. The summed E-state index contributed by atoms with van der Waals surface area (Å²) in [6.07, 6.45) is 9.02. The van der Waals surface area contributed by atoms with Crippen molar-refractivity contribution in [3.8, 4) is 0 Å². The van der Waals surface area contributed by atoms with Crippen LogP contribution in [0.4, 0.5) is 0 Å². The van der Waals surface area contributed by atoms with Crippen molar-refractivity contribution in [3.63, 3.8) is 0 Å². The van der Waals surface area contributed by atoms with Crippen molar-refractivity contribution in [1.29, 1.82) is 0 Å². The van der Waals surface area contributed by atoms with Gasteiger partial charge in [0.2, 0.25) is 6.71 Å². The fourth-order valence-electron chi connectivity index (χ4n) is 2.57. The maximum Gasteiger partial charge on any atom is 0.232 e. The minimum absolute atomic E-state index is 0.0974. The third kappa shape index (κ3) is 6.25. The summed E-state index contributed by atoms with van der Waals surface area (Å²) >= 11 is 11.7. The first kappa shape index (κ1) is 20.1. The van der Waals surface area contributed by atoms with E-state index in [1.54, 1.807) is 18.6 Å². The molecule has 0 fully saturated rings. The molecule has 132 valence electrons. The molecule has 0 aliphatic rings. The lowest BCUT2D eigenvalue weighted by Gasteiger charge is -2.17. The average Bonchev–Trinajstić information content (AvgIpc) is 3.22. The standard InChI is InChI=1S/C15H14BCl.C6H7ClN2/c1-2-15(17)16(13-9-5-3-6-10-13)14-11-7-4-8-12-14;7-2-1-4-9-5-3-8-6-9/h2-12,15H,1H2;1-3,5-6H,4H2. The van der Waals surface area contributed by atoms with E-state index in [9.17, 15) is 0 Å². The maximum absolute atomic E-state index is 6.38. The summed E-state index contributed by atoms with van der Waals surface area (Å²) in [4.78, 5) is 3.86. The minimum atomic E-state index is -0.0974. The van der Waals surface area contributed by atoms with E-state index >= 15 is 0 Å². The van der Waals surface area contributed by atoms with E-state index < -0.39 is 0 Å². The molecule has 1 heterocycles. The lowest BCUT2D eigenvalue weighted by Crippen LogP contribution is -2.48.